The van der Waals surface area contributed by atoms with Gasteiger partial charge in [-0.05, 0) is 44.4 Å². The highest BCUT2D eigenvalue weighted by Crippen LogP contribution is 2.51. The largest absolute Gasteiger partial charge is 0.480 e. The highest BCUT2D eigenvalue weighted by molar-refractivity contribution is 6.39. The number of carbonyl (C=O) groups excluding carboxylic acids is 1. The Hall–Kier alpha value is -3.83. The molecule has 1 amide bonds. The van der Waals surface area contributed by atoms with E-state index in [4.69, 9.17) is 47.6 Å². The second-order valence-electron chi connectivity index (χ2n) is 13.0. The van der Waals surface area contributed by atoms with Crippen molar-refractivity contribution < 1.29 is 19.4 Å². The van der Waals surface area contributed by atoms with Crippen LogP contribution in [0.15, 0.2) is 48.8 Å². The highest BCUT2D eigenvalue weighted by Gasteiger charge is 2.55. The summed E-state index contributed by atoms with van der Waals surface area (Å²) in [5.74, 6) is 1.65. The number of halogens is 2. The summed E-state index contributed by atoms with van der Waals surface area (Å²) in [4.78, 5) is 32.8. The summed E-state index contributed by atoms with van der Waals surface area (Å²) in [5, 5.41) is 14.0. The summed E-state index contributed by atoms with van der Waals surface area (Å²) in [7, 11) is 3.18. The average molecular weight is 690 g/mol. The Labute approximate surface area is 289 Å². The Kier molecular flexibility index (Phi) is 9.26. The maximum atomic E-state index is 11.5. The molecular formula is C36H38Cl2N6O4. The number of aliphatic hydroxyl groups excluding tert-OH is 1. The normalized spacial score (nSPS) is 21.6. The second kappa shape index (κ2) is 13.6. The lowest BCUT2D eigenvalue weighted by Gasteiger charge is -2.40. The lowest BCUT2D eigenvalue weighted by Crippen LogP contribution is -2.48. The monoisotopic (exact) mass is 688 g/mol. The fourth-order valence-corrected chi connectivity index (χ4v) is 8.14. The number of hydrogen-bond donors (Lipinski definition) is 2. The molecule has 0 unspecified atom stereocenters. The molecule has 250 valence electrons. The van der Waals surface area contributed by atoms with Crippen molar-refractivity contribution in [1.29, 1.82) is 0 Å². The molecule has 3 saturated heterocycles. The molecule has 1 saturated carbocycles. The predicted molar refractivity (Wildman–Crippen MR) is 184 cm³/mol. The molecule has 12 heteroatoms. The van der Waals surface area contributed by atoms with Crippen LogP contribution < -0.4 is 14.8 Å². The molecule has 10 nitrogen and oxygen atoms in total. The van der Waals surface area contributed by atoms with Crippen molar-refractivity contribution in [2.24, 2.45) is 5.92 Å². The van der Waals surface area contributed by atoms with Crippen LogP contribution in [-0.4, -0.2) is 74.8 Å². The first-order chi connectivity index (χ1) is 23.3. The lowest BCUT2D eigenvalue weighted by molar-refractivity contribution is -0.119. The van der Waals surface area contributed by atoms with Gasteiger partial charge in [0.2, 0.25) is 17.7 Å². The van der Waals surface area contributed by atoms with E-state index in [1.807, 2.05) is 36.4 Å². The smallest absolute Gasteiger partial charge is 0.237 e. The van der Waals surface area contributed by atoms with E-state index in [2.05, 4.69) is 15.2 Å². The van der Waals surface area contributed by atoms with Crippen molar-refractivity contribution in [1.82, 2.24) is 30.2 Å². The molecule has 8 rings (SSSR count). The van der Waals surface area contributed by atoms with Crippen molar-refractivity contribution >= 4 is 29.1 Å². The number of benzene rings is 2. The number of methoxy groups -OCH3 is 2. The fourth-order valence-electron chi connectivity index (χ4n) is 7.50. The van der Waals surface area contributed by atoms with Crippen LogP contribution in [-0.2, 0) is 17.8 Å². The average Bonchev–Trinajstić information content (AvgIpc) is 3.77. The zero-order chi connectivity index (χ0) is 33.4. The van der Waals surface area contributed by atoms with Gasteiger partial charge in [0, 0.05) is 53.3 Å². The quantitative estimate of drug-likeness (QED) is 0.180. The standard InChI is InChI=1S/C36H38Cl2N6O4/c1-47-34-27(11-3-6-22-12-13-31(46)41-22)39-16-28(42-34)25-9-4-7-23(32(25)37)24-8-5-10-26(33(24)38)29-17-40-30(35(43-29)48-2)19-44-18-21-14-36(44,15-21)20-45/h4-5,7-10,16-17,21-22,45H,3,6,11-15,18-20H2,1-2H3,(H,41,46)/t21?,22-,36?/m1/s1. The number of nitrogens with one attached hydrogen (secondary N) is 1. The summed E-state index contributed by atoms with van der Waals surface area (Å²) in [6, 6.07) is 11.7. The molecule has 1 aliphatic carbocycles. The van der Waals surface area contributed by atoms with E-state index in [1.54, 1.807) is 26.6 Å². The van der Waals surface area contributed by atoms with E-state index in [1.165, 1.54) is 0 Å². The van der Waals surface area contributed by atoms with Gasteiger partial charge in [-0.3, -0.25) is 19.7 Å². The van der Waals surface area contributed by atoms with Crippen molar-refractivity contribution in [3.8, 4) is 45.4 Å². The molecule has 1 atom stereocenters. The predicted octanol–water partition coefficient (Wildman–Crippen LogP) is 6.15. The second-order valence-corrected chi connectivity index (χ2v) is 13.7. The van der Waals surface area contributed by atoms with Crippen LogP contribution in [0.2, 0.25) is 10.0 Å². The van der Waals surface area contributed by atoms with Crippen LogP contribution in [0, 0.1) is 5.92 Å². The molecule has 4 aliphatic rings. The number of aliphatic hydroxyl groups is 1. The fraction of sp³-hybridized carbons (Fsp3) is 0.417. The molecule has 2 N–H and O–H groups in total. The third-order valence-corrected chi connectivity index (χ3v) is 10.8. The van der Waals surface area contributed by atoms with E-state index in [-0.39, 0.29) is 24.1 Å². The van der Waals surface area contributed by atoms with Gasteiger partial charge in [-0.2, -0.15) is 0 Å². The van der Waals surface area contributed by atoms with Gasteiger partial charge in [0.1, 0.15) is 11.4 Å². The third-order valence-electron chi connectivity index (χ3n) is 10.0. The van der Waals surface area contributed by atoms with Gasteiger partial charge in [-0.25, -0.2) is 9.97 Å². The minimum atomic E-state index is -0.143. The molecule has 4 aromatic rings. The maximum absolute atomic E-state index is 11.5. The zero-order valence-electron chi connectivity index (χ0n) is 27.0. The highest BCUT2D eigenvalue weighted by atomic mass is 35.5. The van der Waals surface area contributed by atoms with E-state index >= 15 is 0 Å². The number of fused-ring (bicyclic) bond motifs is 1. The molecule has 3 aliphatic heterocycles. The molecule has 2 aromatic carbocycles. The van der Waals surface area contributed by atoms with Crippen molar-refractivity contribution in [3.63, 3.8) is 0 Å². The first kappa shape index (κ1) is 32.7. The number of aromatic nitrogens is 4. The number of carbonyl (C=O) groups is 1. The minimum Gasteiger partial charge on any atom is -0.480 e. The van der Waals surface area contributed by atoms with Crippen LogP contribution in [0.3, 0.4) is 0 Å². The number of aryl methyl sites for hydroxylation is 1. The molecule has 2 bridgehead atoms. The van der Waals surface area contributed by atoms with Crippen molar-refractivity contribution in [2.75, 3.05) is 27.4 Å². The SMILES string of the molecule is COc1nc(-c2cccc(-c3cccc(-c4cnc(CN5CC6CC5(CO)C6)c(OC)n4)c3Cl)c2Cl)cnc1CCC[C@@H]1CCC(=O)N1. The summed E-state index contributed by atoms with van der Waals surface area (Å²) in [6.45, 7) is 1.67. The van der Waals surface area contributed by atoms with Gasteiger partial charge >= 0.3 is 0 Å². The first-order valence-electron chi connectivity index (χ1n) is 16.4. The van der Waals surface area contributed by atoms with Crippen LogP contribution in [0.1, 0.15) is 49.9 Å². The van der Waals surface area contributed by atoms with E-state index in [9.17, 15) is 9.90 Å². The first-order valence-corrected chi connectivity index (χ1v) is 17.1. The van der Waals surface area contributed by atoms with E-state index in [0.29, 0.717) is 69.6 Å². The van der Waals surface area contributed by atoms with Gasteiger partial charge < -0.3 is 19.9 Å². The van der Waals surface area contributed by atoms with Gasteiger partial charge in [-0.15, -0.1) is 0 Å². The Morgan fingerprint density at radius 3 is 2.06 bits per heavy atom. The number of hydrogen-bond acceptors (Lipinski definition) is 9. The molecule has 5 heterocycles. The van der Waals surface area contributed by atoms with Crippen molar-refractivity contribution in [3.05, 3.63) is 70.2 Å². The van der Waals surface area contributed by atoms with Crippen LogP contribution in [0.5, 0.6) is 11.8 Å². The van der Waals surface area contributed by atoms with Crippen LogP contribution in [0.25, 0.3) is 33.6 Å². The third kappa shape index (κ3) is 6.11. The van der Waals surface area contributed by atoms with Gasteiger partial charge in [0.25, 0.3) is 0 Å². The molecule has 2 aromatic heterocycles. The summed E-state index contributed by atoms with van der Waals surface area (Å²) >= 11 is 14.1. The maximum Gasteiger partial charge on any atom is 0.237 e. The lowest BCUT2D eigenvalue weighted by atomic mass is 9.74. The van der Waals surface area contributed by atoms with Crippen LogP contribution >= 0.6 is 23.2 Å². The Morgan fingerprint density at radius 1 is 0.917 bits per heavy atom. The summed E-state index contributed by atoms with van der Waals surface area (Å²) in [5.41, 5.74) is 5.40. The van der Waals surface area contributed by atoms with Crippen LogP contribution in [0.4, 0.5) is 0 Å². The van der Waals surface area contributed by atoms with Crippen molar-refractivity contribution in [2.45, 2.75) is 63.1 Å². The summed E-state index contributed by atoms with van der Waals surface area (Å²) in [6.07, 6.45) is 9.41. The Morgan fingerprint density at radius 2 is 1.50 bits per heavy atom. The number of nitrogens with zero attached hydrogens (tertiary/aromatic N) is 5. The van der Waals surface area contributed by atoms with Gasteiger partial charge in [0.15, 0.2) is 0 Å². The molecule has 48 heavy (non-hydrogen) atoms. The molecular weight excluding hydrogens is 651 g/mol. The molecule has 0 spiro atoms. The Balaban J connectivity index is 1.13. The number of ether oxygens (including phenoxy) is 2. The minimum absolute atomic E-state index is 0.124. The number of amides is 1. The topological polar surface area (TPSA) is 123 Å². The molecule has 4 fully saturated rings. The summed E-state index contributed by atoms with van der Waals surface area (Å²) < 4.78 is 11.3. The van der Waals surface area contributed by atoms with Gasteiger partial charge in [0.05, 0.1) is 54.7 Å². The van der Waals surface area contributed by atoms with Gasteiger partial charge in [-0.1, -0.05) is 59.6 Å². The zero-order valence-corrected chi connectivity index (χ0v) is 28.5. The molecule has 0 radical (unpaired) electrons. The number of rotatable bonds is 12. The van der Waals surface area contributed by atoms with E-state index in [0.717, 1.165) is 61.2 Å². The van der Waals surface area contributed by atoms with E-state index < -0.39 is 0 Å². The Bertz CT molecular complexity index is 1850.